The van der Waals surface area contributed by atoms with Crippen LogP contribution in [0, 0.1) is 0 Å². The first kappa shape index (κ1) is 30.7. The summed E-state index contributed by atoms with van der Waals surface area (Å²) in [6.07, 6.45) is 2.69. The molecule has 4 rings (SSSR count). The van der Waals surface area contributed by atoms with E-state index in [-0.39, 0.29) is 12.5 Å². The smallest absolute Gasteiger partial charge is 0.242 e. The minimum absolute atomic E-state index is 0.0428. The fraction of sp³-hybridized carbons (Fsp3) is 0.273. The van der Waals surface area contributed by atoms with Crippen LogP contribution < -0.4 is 21.2 Å². The summed E-state index contributed by atoms with van der Waals surface area (Å²) < 4.78 is 5.98. The summed E-state index contributed by atoms with van der Waals surface area (Å²) in [5.41, 5.74) is 0. The first-order valence-electron chi connectivity index (χ1n) is 14.0. The third kappa shape index (κ3) is 8.65. The van der Waals surface area contributed by atoms with Gasteiger partial charge < -0.3 is 14.6 Å². The van der Waals surface area contributed by atoms with E-state index in [1.165, 1.54) is 21.2 Å². The molecule has 40 heavy (non-hydrogen) atoms. The molecule has 0 spiro atoms. The highest BCUT2D eigenvalue weighted by molar-refractivity contribution is 7.73. The van der Waals surface area contributed by atoms with Crippen LogP contribution in [-0.2, 0) is 4.43 Å². The van der Waals surface area contributed by atoms with E-state index in [2.05, 4.69) is 126 Å². The predicted molar refractivity (Wildman–Crippen MR) is 176 cm³/mol. The Morgan fingerprint density at radius 3 is 1.25 bits per heavy atom. The average Bonchev–Trinajstić information content (AvgIpc) is 3.03. The Morgan fingerprint density at radius 2 is 0.950 bits per heavy atom. The predicted octanol–water partition coefficient (Wildman–Crippen LogP) is 4.90. The molecule has 0 aliphatic carbocycles. The number of benzene rings is 4. The standard InChI is InChI=1S/C33H41NO3P2Si/c1-2-37-40(28-35,29-36)25-15-24-34(26-38(30-16-7-3-8-17-30)31-18-9-4-10-19-31)27-39(32-20-11-5-12-21-32)33-22-13-6-14-23-33/h3-14,16-23,35-36H,2,15,24-29H2,1H3. The Hall–Kier alpha value is -2.20. The van der Waals surface area contributed by atoms with E-state index in [0.717, 1.165) is 31.6 Å². The van der Waals surface area contributed by atoms with Crippen molar-refractivity contribution < 1.29 is 14.6 Å². The highest BCUT2D eigenvalue weighted by Gasteiger charge is 2.33. The lowest BCUT2D eigenvalue weighted by molar-refractivity contribution is 0.226. The Bertz CT molecular complexity index is 1070. The molecule has 0 bridgehead atoms. The van der Waals surface area contributed by atoms with Gasteiger partial charge in [0.2, 0.25) is 8.32 Å². The molecule has 4 aromatic carbocycles. The molecule has 0 aromatic heterocycles. The third-order valence-electron chi connectivity index (χ3n) is 7.09. The molecule has 0 amide bonds. The maximum absolute atomic E-state index is 10.1. The summed E-state index contributed by atoms with van der Waals surface area (Å²) in [4.78, 5) is 2.64. The fourth-order valence-corrected chi connectivity index (χ4v) is 11.9. The van der Waals surface area contributed by atoms with Crippen LogP contribution in [0.4, 0.5) is 0 Å². The first-order valence-corrected chi connectivity index (χ1v) is 19.6. The van der Waals surface area contributed by atoms with Gasteiger partial charge in [0.1, 0.15) is 0 Å². The van der Waals surface area contributed by atoms with Gasteiger partial charge in [-0.05, 0) is 63.0 Å². The third-order valence-corrected chi connectivity index (χ3v) is 15.5. The van der Waals surface area contributed by atoms with Crippen molar-refractivity contribution in [3.05, 3.63) is 121 Å². The molecule has 2 N–H and O–H groups in total. The molecule has 0 atom stereocenters. The number of hydrogen-bond donors (Lipinski definition) is 2. The quantitative estimate of drug-likeness (QED) is 0.144. The van der Waals surface area contributed by atoms with Crippen molar-refractivity contribution in [2.75, 3.05) is 38.2 Å². The Balaban J connectivity index is 1.66. The highest BCUT2D eigenvalue weighted by Crippen LogP contribution is 2.39. The van der Waals surface area contributed by atoms with Crippen LogP contribution in [0.25, 0.3) is 0 Å². The zero-order valence-corrected chi connectivity index (χ0v) is 26.1. The molecule has 4 nitrogen and oxygen atoms in total. The second-order valence-corrected chi connectivity index (χ2v) is 18.0. The molecule has 0 saturated carbocycles. The maximum Gasteiger partial charge on any atom is 0.242 e. The first-order chi connectivity index (χ1) is 19.7. The van der Waals surface area contributed by atoms with Crippen molar-refractivity contribution in [1.29, 1.82) is 0 Å². The normalized spacial score (nSPS) is 11.9. The molecule has 4 aromatic rings. The second-order valence-electron chi connectivity index (χ2n) is 9.91. The number of aliphatic hydroxyl groups is 2. The van der Waals surface area contributed by atoms with E-state index < -0.39 is 24.2 Å². The molecular formula is C33H41NO3P2Si. The van der Waals surface area contributed by atoms with Crippen LogP contribution in [0.1, 0.15) is 13.3 Å². The van der Waals surface area contributed by atoms with Crippen LogP contribution >= 0.6 is 15.8 Å². The molecule has 0 radical (unpaired) electrons. The van der Waals surface area contributed by atoms with Gasteiger partial charge in [-0.3, -0.25) is 4.90 Å². The van der Waals surface area contributed by atoms with E-state index in [4.69, 9.17) is 4.43 Å². The minimum atomic E-state index is -2.55. The van der Waals surface area contributed by atoms with Gasteiger partial charge in [-0.15, -0.1) is 0 Å². The van der Waals surface area contributed by atoms with E-state index in [9.17, 15) is 10.2 Å². The molecule has 7 heteroatoms. The number of nitrogens with zero attached hydrogens (tertiary/aromatic N) is 1. The van der Waals surface area contributed by atoms with Gasteiger partial charge in [-0.1, -0.05) is 121 Å². The van der Waals surface area contributed by atoms with Crippen LogP contribution in [0.15, 0.2) is 121 Å². The summed E-state index contributed by atoms with van der Waals surface area (Å²) in [5, 5.41) is 25.8. The van der Waals surface area contributed by atoms with Crippen molar-refractivity contribution in [3.8, 4) is 0 Å². The Kier molecular flexibility index (Phi) is 12.5. The molecule has 0 aliphatic rings. The second kappa shape index (κ2) is 16.3. The average molecular weight is 590 g/mol. The summed E-state index contributed by atoms with van der Waals surface area (Å²) in [6.45, 7) is 3.36. The van der Waals surface area contributed by atoms with Gasteiger partial charge in [0.05, 0.1) is 12.5 Å². The lowest BCUT2D eigenvalue weighted by Crippen LogP contribution is -2.48. The number of rotatable bonds is 16. The van der Waals surface area contributed by atoms with Gasteiger partial charge in [-0.25, -0.2) is 0 Å². The fourth-order valence-electron chi connectivity index (χ4n) is 4.95. The molecule has 0 fully saturated rings. The van der Waals surface area contributed by atoms with Gasteiger partial charge in [0.15, 0.2) is 0 Å². The summed E-state index contributed by atoms with van der Waals surface area (Å²) in [7, 11) is -3.75. The summed E-state index contributed by atoms with van der Waals surface area (Å²) in [6, 6.07) is 44.3. The topological polar surface area (TPSA) is 52.9 Å². The minimum Gasteiger partial charge on any atom is -0.412 e. The molecule has 0 heterocycles. The van der Waals surface area contributed by atoms with E-state index in [1.807, 2.05) is 6.92 Å². The van der Waals surface area contributed by atoms with Crippen molar-refractivity contribution in [1.82, 2.24) is 4.90 Å². The van der Waals surface area contributed by atoms with Crippen molar-refractivity contribution in [2.45, 2.75) is 19.4 Å². The Morgan fingerprint density at radius 1 is 0.600 bits per heavy atom. The molecule has 0 unspecified atom stereocenters. The lowest BCUT2D eigenvalue weighted by Gasteiger charge is -2.33. The lowest BCUT2D eigenvalue weighted by atomic mass is 10.4. The largest absolute Gasteiger partial charge is 0.412 e. The van der Waals surface area contributed by atoms with Gasteiger partial charge >= 0.3 is 0 Å². The summed E-state index contributed by atoms with van der Waals surface area (Å²) >= 11 is 0. The maximum atomic E-state index is 10.1. The van der Waals surface area contributed by atoms with Crippen LogP contribution in [0.3, 0.4) is 0 Å². The molecule has 0 aliphatic heterocycles. The van der Waals surface area contributed by atoms with Crippen molar-refractivity contribution in [2.24, 2.45) is 0 Å². The molecule has 210 valence electrons. The van der Waals surface area contributed by atoms with Crippen LogP contribution in [-0.4, -0.2) is 61.6 Å². The van der Waals surface area contributed by atoms with Crippen LogP contribution in [0.2, 0.25) is 6.04 Å². The molecular weight excluding hydrogens is 548 g/mol. The van der Waals surface area contributed by atoms with Crippen molar-refractivity contribution in [3.63, 3.8) is 0 Å². The molecule has 0 saturated heterocycles. The van der Waals surface area contributed by atoms with Gasteiger partial charge in [0.25, 0.3) is 0 Å². The summed E-state index contributed by atoms with van der Waals surface area (Å²) in [5.74, 6) is 0. The monoisotopic (exact) mass is 589 g/mol. The van der Waals surface area contributed by atoms with Crippen molar-refractivity contribution >= 4 is 45.4 Å². The van der Waals surface area contributed by atoms with E-state index in [0.29, 0.717) is 6.61 Å². The SMILES string of the molecule is CCO[Si](CO)(CO)CCCN(CP(c1ccccc1)c1ccccc1)CP(c1ccccc1)c1ccccc1. The van der Waals surface area contributed by atoms with Crippen LogP contribution in [0.5, 0.6) is 0 Å². The zero-order valence-electron chi connectivity index (χ0n) is 23.3. The van der Waals surface area contributed by atoms with Gasteiger partial charge in [-0.2, -0.15) is 0 Å². The Labute approximate surface area is 243 Å². The van der Waals surface area contributed by atoms with E-state index >= 15 is 0 Å². The number of aliphatic hydroxyl groups excluding tert-OH is 2. The van der Waals surface area contributed by atoms with E-state index in [1.54, 1.807) is 0 Å². The number of hydrogen-bond acceptors (Lipinski definition) is 4. The highest BCUT2D eigenvalue weighted by atomic mass is 31.1. The van der Waals surface area contributed by atoms with Gasteiger partial charge in [0, 0.05) is 19.2 Å². The zero-order chi connectivity index (χ0) is 28.0.